The van der Waals surface area contributed by atoms with Gasteiger partial charge in [-0.2, -0.15) is 5.26 Å². The molecule has 1 aromatic rings. The van der Waals surface area contributed by atoms with Gasteiger partial charge in [-0.15, -0.1) is 0 Å². The summed E-state index contributed by atoms with van der Waals surface area (Å²) in [6.07, 6.45) is 0.199. The summed E-state index contributed by atoms with van der Waals surface area (Å²) in [6.45, 7) is 3.39. The third-order valence-corrected chi connectivity index (χ3v) is 2.76. The first kappa shape index (κ1) is 16.4. The molecule has 0 fully saturated rings. The second-order valence-corrected chi connectivity index (χ2v) is 5.16. The minimum Gasteiger partial charge on any atom is -0.481 e. The number of halogens is 1. The van der Waals surface area contributed by atoms with Gasteiger partial charge in [0.1, 0.15) is 11.9 Å². The van der Waals surface area contributed by atoms with Gasteiger partial charge >= 0.3 is 12.0 Å². The fraction of sp³-hybridized carbons (Fsp3) is 0.357. The summed E-state index contributed by atoms with van der Waals surface area (Å²) in [5.74, 6) is -1.60. The van der Waals surface area contributed by atoms with Gasteiger partial charge in [-0.25, -0.2) is 9.18 Å². The lowest BCUT2D eigenvalue weighted by Crippen LogP contribution is -2.45. The lowest BCUT2D eigenvalue weighted by atomic mass is 9.99. The van der Waals surface area contributed by atoms with Crippen LogP contribution < -0.4 is 10.6 Å². The van der Waals surface area contributed by atoms with Crippen LogP contribution in [0.4, 0.5) is 14.9 Å². The number of hydrogen-bond donors (Lipinski definition) is 3. The molecule has 0 aliphatic rings. The molecule has 0 saturated carbocycles. The number of anilines is 1. The molecule has 0 spiro atoms. The molecule has 7 heteroatoms. The largest absolute Gasteiger partial charge is 0.481 e. The molecule has 0 aromatic heterocycles. The zero-order valence-corrected chi connectivity index (χ0v) is 11.7. The molecule has 0 unspecified atom stereocenters. The van der Waals surface area contributed by atoms with E-state index >= 15 is 0 Å². The van der Waals surface area contributed by atoms with Crippen molar-refractivity contribution in [3.63, 3.8) is 0 Å². The van der Waals surface area contributed by atoms with Crippen molar-refractivity contribution in [2.45, 2.75) is 32.2 Å². The monoisotopic (exact) mass is 293 g/mol. The number of nitrogens with zero attached hydrogens (tertiary/aromatic N) is 1. The second kappa shape index (κ2) is 6.70. The first-order chi connectivity index (χ1) is 9.73. The number of nitriles is 1. The minimum atomic E-state index is -0.942. The van der Waals surface area contributed by atoms with Gasteiger partial charge in [-0.1, -0.05) is 0 Å². The van der Waals surface area contributed by atoms with Crippen molar-refractivity contribution in [3.05, 3.63) is 29.6 Å². The quantitative estimate of drug-likeness (QED) is 0.776. The Morgan fingerprint density at radius 1 is 1.43 bits per heavy atom. The fourth-order valence-corrected chi connectivity index (χ4v) is 1.64. The van der Waals surface area contributed by atoms with Gasteiger partial charge in [0.25, 0.3) is 0 Å². The van der Waals surface area contributed by atoms with Crippen molar-refractivity contribution < 1.29 is 19.1 Å². The van der Waals surface area contributed by atoms with Crippen LogP contribution >= 0.6 is 0 Å². The summed E-state index contributed by atoms with van der Waals surface area (Å²) in [7, 11) is 0. The van der Waals surface area contributed by atoms with E-state index in [1.54, 1.807) is 19.9 Å². The lowest BCUT2D eigenvalue weighted by molar-refractivity contribution is -0.137. The number of benzene rings is 1. The number of hydrogen-bond acceptors (Lipinski definition) is 3. The highest BCUT2D eigenvalue weighted by Crippen LogP contribution is 2.15. The molecule has 2 amide bonds. The van der Waals surface area contributed by atoms with Crippen LogP contribution in [-0.4, -0.2) is 22.6 Å². The van der Waals surface area contributed by atoms with Crippen LogP contribution in [0.5, 0.6) is 0 Å². The van der Waals surface area contributed by atoms with E-state index < -0.39 is 23.4 Å². The molecule has 21 heavy (non-hydrogen) atoms. The van der Waals surface area contributed by atoms with Gasteiger partial charge in [-0.3, -0.25) is 4.79 Å². The standard InChI is InChI=1S/C14H16FN3O3/c1-14(2,6-5-12(19)20)18-13(21)17-10-3-4-11(15)9(7-10)8-16/h3-4,7H,5-6H2,1-2H3,(H,19,20)(H2,17,18,21). The molecule has 6 nitrogen and oxygen atoms in total. The molecule has 0 atom stereocenters. The van der Waals surface area contributed by atoms with E-state index in [2.05, 4.69) is 10.6 Å². The van der Waals surface area contributed by atoms with Crippen molar-refractivity contribution in [2.75, 3.05) is 5.32 Å². The Bertz CT molecular complexity index is 594. The molecule has 1 aromatic carbocycles. The molecule has 1 rings (SSSR count). The predicted molar refractivity (Wildman–Crippen MR) is 74.2 cm³/mol. The predicted octanol–water partition coefficient (Wildman–Crippen LogP) is 2.46. The molecule has 0 aliphatic heterocycles. The van der Waals surface area contributed by atoms with Crippen molar-refractivity contribution >= 4 is 17.7 Å². The Hall–Kier alpha value is -2.62. The number of carbonyl (C=O) groups is 2. The summed E-state index contributed by atoms with van der Waals surface area (Å²) < 4.78 is 13.1. The smallest absolute Gasteiger partial charge is 0.319 e. The van der Waals surface area contributed by atoms with Gasteiger partial charge in [0.15, 0.2) is 0 Å². The van der Waals surface area contributed by atoms with Crippen LogP contribution in [0.1, 0.15) is 32.3 Å². The number of carboxylic acids is 1. The number of rotatable bonds is 5. The molecule has 0 saturated heterocycles. The molecule has 0 bridgehead atoms. The third kappa shape index (κ3) is 5.48. The topological polar surface area (TPSA) is 102 Å². The number of amides is 2. The van der Waals surface area contributed by atoms with Crippen molar-refractivity contribution in [1.29, 1.82) is 5.26 Å². The van der Waals surface area contributed by atoms with Gasteiger partial charge in [0, 0.05) is 17.6 Å². The third-order valence-electron chi connectivity index (χ3n) is 2.76. The van der Waals surface area contributed by atoms with Gasteiger partial charge in [0.2, 0.25) is 0 Å². The molecule has 112 valence electrons. The van der Waals surface area contributed by atoms with Gasteiger partial charge in [-0.05, 0) is 38.5 Å². The number of aliphatic carboxylic acids is 1. The molecule has 3 N–H and O–H groups in total. The van der Waals surface area contributed by atoms with E-state index in [9.17, 15) is 14.0 Å². The highest BCUT2D eigenvalue weighted by atomic mass is 19.1. The first-order valence-corrected chi connectivity index (χ1v) is 6.24. The van der Waals surface area contributed by atoms with E-state index in [1.165, 1.54) is 12.1 Å². The Labute approximate surface area is 121 Å². The number of carbonyl (C=O) groups excluding carboxylic acids is 1. The maximum absolute atomic E-state index is 13.1. The fourth-order valence-electron chi connectivity index (χ4n) is 1.64. The molecule has 0 heterocycles. The van der Waals surface area contributed by atoms with Crippen LogP contribution in [0.25, 0.3) is 0 Å². The Balaban J connectivity index is 2.65. The van der Waals surface area contributed by atoms with Crippen LogP contribution in [0.15, 0.2) is 18.2 Å². The van der Waals surface area contributed by atoms with E-state index in [-0.39, 0.29) is 24.1 Å². The Morgan fingerprint density at radius 3 is 2.67 bits per heavy atom. The molecule has 0 radical (unpaired) electrons. The summed E-state index contributed by atoms with van der Waals surface area (Å²) in [5.41, 5.74) is -0.599. The highest BCUT2D eigenvalue weighted by Gasteiger charge is 2.21. The summed E-state index contributed by atoms with van der Waals surface area (Å²) >= 11 is 0. The zero-order chi connectivity index (χ0) is 16.0. The van der Waals surface area contributed by atoms with Crippen LogP contribution in [0.2, 0.25) is 0 Å². The average molecular weight is 293 g/mol. The van der Waals surface area contributed by atoms with E-state index in [4.69, 9.17) is 10.4 Å². The number of nitrogens with one attached hydrogen (secondary N) is 2. The second-order valence-electron chi connectivity index (χ2n) is 5.16. The van der Waals surface area contributed by atoms with Gasteiger partial charge < -0.3 is 15.7 Å². The van der Waals surface area contributed by atoms with Crippen molar-refractivity contribution in [1.82, 2.24) is 5.32 Å². The lowest BCUT2D eigenvalue weighted by Gasteiger charge is -2.25. The maximum atomic E-state index is 13.1. The van der Waals surface area contributed by atoms with Crippen LogP contribution in [0, 0.1) is 17.1 Å². The Kier molecular flexibility index (Phi) is 5.24. The SMILES string of the molecule is CC(C)(CCC(=O)O)NC(=O)Nc1ccc(F)c(C#N)c1. The minimum absolute atomic E-state index is 0.0671. The van der Waals surface area contributed by atoms with E-state index in [0.29, 0.717) is 0 Å². The van der Waals surface area contributed by atoms with Crippen LogP contribution in [-0.2, 0) is 4.79 Å². The summed E-state index contributed by atoms with van der Waals surface area (Å²) in [6, 6.07) is 4.76. The number of urea groups is 1. The van der Waals surface area contributed by atoms with Crippen LogP contribution in [0.3, 0.4) is 0 Å². The number of carboxylic acid groups (broad SMARTS) is 1. The van der Waals surface area contributed by atoms with E-state index in [0.717, 1.165) is 6.07 Å². The van der Waals surface area contributed by atoms with Crippen molar-refractivity contribution in [2.24, 2.45) is 0 Å². The van der Waals surface area contributed by atoms with Gasteiger partial charge in [0.05, 0.1) is 5.56 Å². The average Bonchev–Trinajstić information content (AvgIpc) is 2.38. The first-order valence-electron chi connectivity index (χ1n) is 6.24. The molecule has 0 aliphatic carbocycles. The molecular weight excluding hydrogens is 277 g/mol. The zero-order valence-electron chi connectivity index (χ0n) is 11.7. The molecular formula is C14H16FN3O3. The van der Waals surface area contributed by atoms with E-state index in [1.807, 2.05) is 0 Å². The van der Waals surface area contributed by atoms with Crippen molar-refractivity contribution in [3.8, 4) is 6.07 Å². The summed E-state index contributed by atoms with van der Waals surface area (Å²) in [4.78, 5) is 22.3. The highest BCUT2D eigenvalue weighted by molar-refractivity contribution is 5.89. The summed E-state index contributed by atoms with van der Waals surface area (Å²) in [5, 5.41) is 22.4. The normalized spacial score (nSPS) is 10.6. The Morgan fingerprint density at radius 2 is 2.10 bits per heavy atom. The maximum Gasteiger partial charge on any atom is 0.319 e.